The van der Waals surface area contributed by atoms with Gasteiger partial charge in [0.05, 0.1) is 12.8 Å². The van der Waals surface area contributed by atoms with Crippen molar-refractivity contribution in [2.75, 3.05) is 7.11 Å². The third kappa shape index (κ3) is 3.31. The fourth-order valence-corrected chi connectivity index (χ4v) is 2.94. The summed E-state index contributed by atoms with van der Waals surface area (Å²) in [5.74, 6) is 1.47. The number of aromatic nitrogens is 2. The Hall–Kier alpha value is -3.47. The Morgan fingerprint density at radius 1 is 0.889 bits per heavy atom. The first kappa shape index (κ1) is 17.0. The standard InChI is InChI=1S/C22H20N4O/c1-15-10-11-18(13-16(15)2)24-25-22-21(17-7-6-8-19(14-17)27-3)23-20-9-4-5-12-26(20)22/h4-14H,1-3H3. The fraction of sp³-hybridized carbons (Fsp3) is 0.136. The zero-order valence-electron chi connectivity index (χ0n) is 15.5. The smallest absolute Gasteiger partial charge is 0.187 e. The molecule has 0 fully saturated rings. The highest BCUT2D eigenvalue weighted by Gasteiger charge is 2.14. The number of methoxy groups -OCH3 is 1. The third-order valence-electron chi connectivity index (χ3n) is 4.60. The Morgan fingerprint density at radius 3 is 2.59 bits per heavy atom. The minimum Gasteiger partial charge on any atom is -0.497 e. The maximum absolute atomic E-state index is 5.36. The SMILES string of the molecule is COc1cccc(-c2nc3ccccn3c2N=Nc2ccc(C)c(C)c2)c1. The quantitative estimate of drug-likeness (QED) is 0.418. The van der Waals surface area contributed by atoms with Crippen LogP contribution in [-0.4, -0.2) is 16.5 Å². The van der Waals surface area contributed by atoms with Gasteiger partial charge in [0.1, 0.15) is 17.1 Å². The number of rotatable bonds is 4. The Kier molecular flexibility index (Phi) is 4.42. The Bertz CT molecular complexity index is 1140. The fourth-order valence-electron chi connectivity index (χ4n) is 2.94. The highest BCUT2D eigenvalue weighted by molar-refractivity contribution is 5.75. The number of hydrogen-bond donors (Lipinski definition) is 0. The van der Waals surface area contributed by atoms with E-state index in [0.717, 1.165) is 28.3 Å². The number of imidazole rings is 1. The summed E-state index contributed by atoms with van der Waals surface area (Å²) in [5.41, 5.74) is 5.78. The average Bonchev–Trinajstić information content (AvgIpc) is 3.07. The van der Waals surface area contributed by atoms with Crippen LogP contribution < -0.4 is 4.74 Å². The third-order valence-corrected chi connectivity index (χ3v) is 4.60. The second-order valence-corrected chi connectivity index (χ2v) is 6.41. The molecule has 2 aromatic carbocycles. The van der Waals surface area contributed by atoms with E-state index in [1.54, 1.807) is 7.11 Å². The number of benzene rings is 2. The minimum absolute atomic E-state index is 0.692. The van der Waals surface area contributed by atoms with E-state index in [-0.39, 0.29) is 0 Å². The summed E-state index contributed by atoms with van der Waals surface area (Å²) in [6.45, 7) is 4.16. The topological polar surface area (TPSA) is 51.2 Å². The van der Waals surface area contributed by atoms with Gasteiger partial charge < -0.3 is 4.74 Å². The molecule has 5 nitrogen and oxygen atoms in total. The monoisotopic (exact) mass is 356 g/mol. The van der Waals surface area contributed by atoms with Gasteiger partial charge >= 0.3 is 0 Å². The van der Waals surface area contributed by atoms with Crippen molar-refractivity contribution in [1.29, 1.82) is 0 Å². The molecule has 0 radical (unpaired) electrons. The number of hydrogen-bond acceptors (Lipinski definition) is 4. The predicted molar refractivity (Wildman–Crippen MR) is 107 cm³/mol. The van der Waals surface area contributed by atoms with E-state index in [1.165, 1.54) is 11.1 Å². The molecular weight excluding hydrogens is 336 g/mol. The Balaban J connectivity index is 1.85. The number of nitrogens with zero attached hydrogens (tertiary/aromatic N) is 4. The molecule has 0 N–H and O–H groups in total. The van der Waals surface area contributed by atoms with Crippen LogP contribution in [0.4, 0.5) is 11.5 Å². The van der Waals surface area contributed by atoms with Crippen molar-refractivity contribution < 1.29 is 4.74 Å². The van der Waals surface area contributed by atoms with Gasteiger partial charge in [-0.2, -0.15) is 0 Å². The van der Waals surface area contributed by atoms with Gasteiger partial charge in [0.25, 0.3) is 0 Å². The van der Waals surface area contributed by atoms with Gasteiger partial charge in [-0.05, 0) is 61.4 Å². The van der Waals surface area contributed by atoms with Gasteiger partial charge in [0.2, 0.25) is 0 Å². The Labute approximate surface area is 158 Å². The number of ether oxygens (including phenoxy) is 1. The number of pyridine rings is 1. The van der Waals surface area contributed by atoms with E-state index in [9.17, 15) is 0 Å². The maximum atomic E-state index is 5.36. The highest BCUT2D eigenvalue weighted by Crippen LogP contribution is 2.33. The van der Waals surface area contributed by atoms with Crippen molar-refractivity contribution in [2.24, 2.45) is 10.2 Å². The van der Waals surface area contributed by atoms with Gasteiger partial charge in [-0.1, -0.05) is 24.3 Å². The molecule has 0 spiro atoms. The van der Waals surface area contributed by atoms with Crippen molar-refractivity contribution in [3.63, 3.8) is 0 Å². The average molecular weight is 356 g/mol. The molecule has 4 aromatic rings. The molecule has 134 valence electrons. The van der Waals surface area contributed by atoms with Crippen LogP contribution in [0.1, 0.15) is 11.1 Å². The number of azo groups is 1. The minimum atomic E-state index is 0.692. The van der Waals surface area contributed by atoms with Gasteiger partial charge in [-0.15, -0.1) is 10.2 Å². The van der Waals surface area contributed by atoms with E-state index >= 15 is 0 Å². The van der Waals surface area contributed by atoms with E-state index in [0.29, 0.717) is 5.82 Å². The zero-order valence-corrected chi connectivity index (χ0v) is 15.5. The van der Waals surface area contributed by atoms with Gasteiger partial charge in [0, 0.05) is 11.8 Å². The molecule has 2 aromatic heterocycles. The molecule has 0 amide bonds. The number of fused-ring (bicyclic) bond motifs is 1. The molecule has 0 aliphatic rings. The molecule has 0 bridgehead atoms. The summed E-state index contributed by atoms with van der Waals surface area (Å²) < 4.78 is 7.30. The van der Waals surface area contributed by atoms with E-state index in [1.807, 2.05) is 65.2 Å². The van der Waals surface area contributed by atoms with E-state index in [2.05, 4.69) is 30.1 Å². The summed E-state index contributed by atoms with van der Waals surface area (Å²) >= 11 is 0. The first-order chi connectivity index (χ1) is 13.2. The van der Waals surface area contributed by atoms with Crippen LogP contribution in [0.3, 0.4) is 0 Å². The van der Waals surface area contributed by atoms with Gasteiger partial charge in [-0.25, -0.2) is 4.98 Å². The van der Waals surface area contributed by atoms with Crippen molar-refractivity contribution in [3.05, 3.63) is 78.0 Å². The van der Waals surface area contributed by atoms with Crippen LogP contribution in [-0.2, 0) is 0 Å². The van der Waals surface area contributed by atoms with Crippen molar-refractivity contribution in [2.45, 2.75) is 13.8 Å². The molecular formula is C22H20N4O. The van der Waals surface area contributed by atoms with E-state index < -0.39 is 0 Å². The molecule has 2 heterocycles. The second kappa shape index (κ2) is 7.03. The number of aryl methyl sites for hydroxylation is 2. The maximum Gasteiger partial charge on any atom is 0.187 e. The lowest BCUT2D eigenvalue weighted by atomic mass is 10.1. The van der Waals surface area contributed by atoms with Crippen LogP contribution in [0, 0.1) is 13.8 Å². The van der Waals surface area contributed by atoms with Crippen molar-refractivity contribution >= 4 is 17.2 Å². The molecule has 0 unspecified atom stereocenters. The van der Waals surface area contributed by atoms with E-state index in [4.69, 9.17) is 9.72 Å². The Morgan fingerprint density at radius 2 is 1.78 bits per heavy atom. The summed E-state index contributed by atoms with van der Waals surface area (Å²) in [5, 5.41) is 9.01. The van der Waals surface area contributed by atoms with Crippen molar-refractivity contribution in [3.8, 4) is 17.0 Å². The molecule has 4 rings (SSSR count). The normalized spacial score (nSPS) is 11.4. The van der Waals surface area contributed by atoms with Crippen LogP contribution in [0.2, 0.25) is 0 Å². The molecule has 0 saturated carbocycles. The summed E-state index contributed by atoms with van der Waals surface area (Å²) in [4.78, 5) is 4.76. The predicted octanol–water partition coefficient (Wildman–Crippen LogP) is 6.04. The summed E-state index contributed by atoms with van der Waals surface area (Å²) in [6, 6.07) is 19.8. The zero-order chi connectivity index (χ0) is 18.8. The molecule has 0 saturated heterocycles. The van der Waals surface area contributed by atoms with Gasteiger partial charge in [0.15, 0.2) is 5.82 Å². The highest BCUT2D eigenvalue weighted by atomic mass is 16.5. The van der Waals surface area contributed by atoms with Crippen molar-refractivity contribution in [1.82, 2.24) is 9.38 Å². The van der Waals surface area contributed by atoms with Crippen LogP contribution in [0.5, 0.6) is 5.75 Å². The molecule has 5 heteroatoms. The largest absolute Gasteiger partial charge is 0.497 e. The second-order valence-electron chi connectivity index (χ2n) is 6.41. The first-order valence-electron chi connectivity index (χ1n) is 8.76. The van der Waals surface area contributed by atoms with Crippen LogP contribution in [0.25, 0.3) is 16.9 Å². The summed E-state index contributed by atoms with van der Waals surface area (Å²) in [6.07, 6.45) is 1.95. The summed E-state index contributed by atoms with van der Waals surface area (Å²) in [7, 11) is 1.66. The first-order valence-corrected chi connectivity index (χ1v) is 8.76. The molecule has 0 aliphatic carbocycles. The van der Waals surface area contributed by atoms with Crippen LogP contribution in [0.15, 0.2) is 77.1 Å². The molecule has 0 atom stereocenters. The molecule has 27 heavy (non-hydrogen) atoms. The lowest BCUT2D eigenvalue weighted by Crippen LogP contribution is -1.84. The lowest BCUT2D eigenvalue weighted by Gasteiger charge is -2.03. The molecule has 0 aliphatic heterocycles. The lowest BCUT2D eigenvalue weighted by molar-refractivity contribution is 0.415. The van der Waals surface area contributed by atoms with Gasteiger partial charge in [-0.3, -0.25) is 4.40 Å². The van der Waals surface area contributed by atoms with Crippen LogP contribution >= 0.6 is 0 Å².